The zero-order chi connectivity index (χ0) is 14.8. The van der Waals surface area contributed by atoms with Gasteiger partial charge in [0.1, 0.15) is 5.75 Å². The Labute approximate surface area is 117 Å². The quantitative estimate of drug-likeness (QED) is 0.421. The maximum Gasteiger partial charge on any atom is 0.269 e. The Morgan fingerprint density at radius 2 is 2.05 bits per heavy atom. The van der Waals surface area contributed by atoms with E-state index in [4.69, 9.17) is 9.47 Å². The van der Waals surface area contributed by atoms with E-state index < -0.39 is 4.92 Å². The largest absolute Gasteiger partial charge is 0.484 e. The summed E-state index contributed by atoms with van der Waals surface area (Å²) in [6.07, 6.45) is 0.747. The fraction of sp³-hybridized carbons (Fsp3) is 0.462. The molecule has 0 saturated carbocycles. The van der Waals surface area contributed by atoms with Crippen molar-refractivity contribution in [3.8, 4) is 5.75 Å². The molecule has 0 aliphatic heterocycles. The molecule has 0 radical (unpaired) electrons. The van der Waals surface area contributed by atoms with Crippen LogP contribution in [0.2, 0.25) is 0 Å². The van der Waals surface area contributed by atoms with E-state index >= 15 is 0 Å². The van der Waals surface area contributed by atoms with Crippen molar-refractivity contribution in [3.05, 3.63) is 34.4 Å². The number of carbonyl (C=O) groups excluding carboxylic acids is 1. The van der Waals surface area contributed by atoms with E-state index in [1.54, 1.807) is 0 Å². The first-order valence-corrected chi connectivity index (χ1v) is 6.35. The van der Waals surface area contributed by atoms with Crippen LogP contribution < -0.4 is 10.1 Å². The summed E-state index contributed by atoms with van der Waals surface area (Å²) in [6.45, 7) is 3.60. The first kappa shape index (κ1) is 15.9. The molecule has 0 aliphatic carbocycles. The van der Waals surface area contributed by atoms with Crippen molar-refractivity contribution in [3.63, 3.8) is 0 Å². The van der Waals surface area contributed by atoms with Crippen molar-refractivity contribution < 1.29 is 19.2 Å². The Kier molecular flexibility index (Phi) is 7.05. The highest BCUT2D eigenvalue weighted by Gasteiger charge is 2.06. The lowest BCUT2D eigenvalue weighted by Crippen LogP contribution is -2.30. The number of nitro benzene ring substituents is 1. The fourth-order valence-corrected chi connectivity index (χ4v) is 1.41. The molecule has 0 atom stereocenters. The lowest BCUT2D eigenvalue weighted by molar-refractivity contribution is -0.384. The van der Waals surface area contributed by atoms with Crippen molar-refractivity contribution >= 4 is 11.6 Å². The van der Waals surface area contributed by atoms with Crippen molar-refractivity contribution in [1.29, 1.82) is 0 Å². The van der Waals surface area contributed by atoms with Gasteiger partial charge >= 0.3 is 0 Å². The predicted octanol–water partition coefficient (Wildman–Crippen LogP) is 1.52. The zero-order valence-electron chi connectivity index (χ0n) is 11.3. The molecule has 1 amide bonds. The highest BCUT2D eigenvalue weighted by atomic mass is 16.6. The van der Waals surface area contributed by atoms with Crippen LogP contribution in [0.3, 0.4) is 0 Å². The standard InChI is InChI=1S/C13H18N2O5/c1-2-19-9-3-8-14-13(16)10-20-12-6-4-11(5-7-12)15(17)18/h4-7H,2-3,8-10H2,1H3,(H,14,16). The van der Waals surface area contributed by atoms with Gasteiger partial charge < -0.3 is 14.8 Å². The Morgan fingerprint density at radius 3 is 2.65 bits per heavy atom. The molecule has 7 heteroatoms. The van der Waals surface area contributed by atoms with Gasteiger partial charge in [0.25, 0.3) is 11.6 Å². The van der Waals surface area contributed by atoms with Gasteiger partial charge in [-0.05, 0) is 25.5 Å². The smallest absolute Gasteiger partial charge is 0.269 e. The third-order valence-corrected chi connectivity index (χ3v) is 2.41. The molecule has 110 valence electrons. The minimum absolute atomic E-state index is 0.0160. The van der Waals surface area contributed by atoms with Gasteiger partial charge in [-0.15, -0.1) is 0 Å². The van der Waals surface area contributed by atoms with Crippen LogP contribution in [0.5, 0.6) is 5.75 Å². The molecule has 0 saturated heterocycles. The van der Waals surface area contributed by atoms with Crippen LogP contribution in [-0.4, -0.2) is 37.2 Å². The van der Waals surface area contributed by atoms with Crippen molar-refractivity contribution in [2.75, 3.05) is 26.4 Å². The molecule has 7 nitrogen and oxygen atoms in total. The number of nitro groups is 1. The number of rotatable bonds is 9. The summed E-state index contributed by atoms with van der Waals surface area (Å²) in [5.74, 6) is 0.180. The average molecular weight is 282 g/mol. The minimum Gasteiger partial charge on any atom is -0.484 e. The topological polar surface area (TPSA) is 90.7 Å². The lowest BCUT2D eigenvalue weighted by Gasteiger charge is -2.07. The van der Waals surface area contributed by atoms with Crippen LogP contribution >= 0.6 is 0 Å². The summed E-state index contributed by atoms with van der Waals surface area (Å²) in [5, 5.41) is 13.2. The maximum atomic E-state index is 11.4. The molecule has 20 heavy (non-hydrogen) atoms. The number of hydrogen-bond donors (Lipinski definition) is 1. The first-order valence-electron chi connectivity index (χ1n) is 6.35. The first-order chi connectivity index (χ1) is 9.63. The molecule has 0 spiro atoms. The third kappa shape index (κ3) is 6.14. The van der Waals surface area contributed by atoms with Crippen LogP contribution in [-0.2, 0) is 9.53 Å². The van der Waals surface area contributed by atoms with Crippen LogP contribution in [0.25, 0.3) is 0 Å². The summed E-state index contributed by atoms with van der Waals surface area (Å²) in [6, 6.07) is 5.58. The minimum atomic E-state index is -0.491. The van der Waals surface area contributed by atoms with Crippen molar-refractivity contribution in [2.45, 2.75) is 13.3 Å². The molecule has 1 aromatic carbocycles. The predicted molar refractivity (Wildman–Crippen MR) is 72.7 cm³/mol. The van der Waals surface area contributed by atoms with Gasteiger partial charge in [0.05, 0.1) is 4.92 Å². The second-order valence-electron chi connectivity index (χ2n) is 3.94. The van der Waals surface area contributed by atoms with Crippen LogP contribution in [0.15, 0.2) is 24.3 Å². The lowest BCUT2D eigenvalue weighted by atomic mass is 10.3. The Morgan fingerprint density at radius 1 is 1.35 bits per heavy atom. The molecule has 1 N–H and O–H groups in total. The van der Waals surface area contributed by atoms with Gasteiger partial charge in [-0.1, -0.05) is 0 Å². The second kappa shape index (κ2) is 8.87. The van der Waals surface area contributed by atoms with E-state index in [-0.39, 0.29) is 18.2 Å². The van der Waals surface area contributed by atoms with Gasteiger partial charge in [0, 0.05) is 31.9 Å². The van der Waals surface area contributed by atoms with Crippen molar-refractivity contribution in [2.24, 2.45) is 0 Å². The summed E-state index contributed by atoms with van der Waals surface area (Å²) < 4.78 is 10.4. The molecular formula is C13H18N2O5. The zero-order valence-corrected chi connectivity index (χ0v) is 11.3. The molecule has 0 aromatic heterocycles. The number of benzene rings is 1. The second-order valence-corrected chi connectivity index (χ2v) is 3.94. The van der Waals surface area contributed by atoms with Gasteiger partial charge in [0.2, 0.25) is 0 Å². The number of carbonyl (C=O) groups is 1. The van der Waals surface area contributed by atoms with Gasteiger partial charge in [0.15, 0.2) is 6.61 Å². The molecule has 1 aromatic rings. The number of nitrogens with one attached hydrogen (secondary N) is 1. The molecule has 0 aliphatic rings. The Balaban J connectivity index is 2.22. The summed E-state index contributed by atoms with van der Waals surface area (Å²) in [7, 11) is 0. The molecule has 0 fully saturated rings. The molecule has 0 bridgehead atoms. The summed E-state index contributed by atoms with van der Waals surface area (Å²) in [5.41, 5.74) is -0.0160. The van der Waals surface area contributed by atoms with E-state index in [1.807, 2.05) is 6.92 Å². The van der Waals surface area contributed by atoms with E-state index in [0.717, 1.165) is 6.42 Å². The Bertz CT molecular complexity index is 433. The molecule has 1 rings (SSSR count). The summed E-state index contributed by atoms with van der Waals surface area (Å²) >= 11 is 0. The van der Waals surface area contributed by atoms with Crippen LogP contribution in [0.4, 0.5) is 5.69 Å². The fourth-order valence-electron chi connectivity index (χ4n) is 1.41. The number of hydrogen-bond acceptors (Lipinski definition) is 5. The maximum absolute atomic E-state index is 11.4. The molecule has 0 unspecified atom stereocenters. The van der Waals surface area contributed by atoms with Crippen molar-refractivity contribution in [1.82, 2.24) is 5.32 Å². The normalized spacial score (nSPS) is 10.1. The average Bonchev–Trinajstić information content (AvgIpc) is 2.45. The van der Waals surface area contributed by atoms with Crippen LogP contribution in [0.1, 0.15) is 13.3 Å². The number of non-ortho nitro benzene ring substituents is 1. The number of amides is 1. The highest BCUT2D eigenvalue weighted by molar-refractivity contribution is 5.77. The van der Waals surface area contributed by atoms with Gasteiger partial charge in [-0.3, -0.25) is 14.9 Å². The van der Waals surface area contributed by atoms with E-state index in [9.17, 15) is 14.9 Å². The van der Waals surface area contributed by atoms with Crippen LogP contribution in [0, 0.1) is 10.1 Å². The highest BCUT2D eigenvalue weighted by Crippen LogP contribution is 2.16. The molecular weight excluding hydrogens is 264 g/mol. The monoisotopic (exact) mass is 282 g/mol. The Hall–Kier alpha value is -2.15. The van der Waals surface area contributed by atoms with Gasteiger partial charge in [-0.25, -0.2) is 0 Å². The van der Waals surface area contributed by atoms with E-state index in [0.29, 0.717) is 25.5 Å². The molecule has 0 heterocycles. The summed E-state index contributed by atoms with van der Waals surface area (Å²) in [4.78, 5) is 21.4. The SMILES string of the molecule is CCOCCCNC(=O)COc1ccc([N+](=O)[O-])cc1. The van der Waals surface area contributed by atoms with E-state index in [2.05, 4.69) is 5.32 Å². The number of nitrogens with zero attached hydrogens (tertiary/aromatic N) is 1. The third-order valence-electron chi connectivity index (χ3n) is 2.41. The van der Waals surface area contributed by atoms with E-state index in [1.165, 1.54) is 24.3 Å². The van der Waals surface area contributed by atoms with Gasteiger partial charge in [-0.2, -0.15) is 0 Å². The number of ether oxygens (including phenoxy) is 2.